The Hall–Kier alpha value is -2.10. The zero-order chi connectivity index (χ0) is 10.8. The van der Waals surface area contributed by atoms with Crippen molar-refractivity contribution in [2.75, 3.05) is 12.8 Å². The largest absolute Gasteiger partial charge is 0.383 e. The van der Waals surface area contributed by atoms with Gasteiger partial charge in [0, 0.05) is 24.2 Å². The lowest BCUT2D eigenvalue weighted by Crippen LogP contribution is -2.17. The van der Waals surface area contributed by atoms with Crippen molar-refractivity contribution in [1.82, 2.24) is 10.3 Å². The van der Waals surface area contributed by atoms with Crippen molar-refractivity contribution in [2.45, 2.75) is 0 Å². The van der Waals surface area contributed by atoms with Gasteiger partial charge in [0.1, 0.15) is 5.82 Å². The van der Waals surface area contributed by atoms with E-state index in [1.54, 1.807) is 25.4 Å². The second kappa shape index (κ2) is 3.57. The topological polar surface area (TPSA) is 68.0 Å². The Morgan fingerprint density at radius 1 is 1.40 bits per heavy atom. The molecule has 0 unspecified atom stereocenters. The van der Waals surface area contributed by atoms with Crippen LogP contribution < -0.4 is 11.1 Å². The van der Waals surface area contributed by atoms with Gasteiger partial charge in [-0.1, -0.05) is 0 Å². The molecule has 1 aromatic carbocycles. The number of amides is 1. The summed E-state index contributed by atoms with van der Waals surface area (Å²) in [6.45, 7) is 0. The van der Waals surface area contributed by atoms with E-state index in [0.29, 0.717) is 11.4 Å². The van der Waals surface area contributed by atoms with Gasteiger partial charge in [0.25, 0.3) is 5.91 Å². The van der Waals surface area contributed by atoms with Gasteiger partial charge in [-0.25, -0.2) is 4.98 Å². The number of aromatic nitrogens is 1. The van der Waals surface area contributed by atoms with E-state index in [4.69, 9.17) is 5.73 Å². The summed E-state index contributed by atoms with van der Waals surface area (Å²) in [4.78, 5) is 15.4. The van der Waals surface area contributed by atoms with Crippen molar-refractivity contribution < 1.29 is 4.79 Å². The number of nitrogens with two attached hydrogens (primary N) is 1. The standard InChI is InChI=1S/C11H11N3O/c1-13-11(15)8-2-3-9-7(6-8)4-5-14-10(9)12/h2-6H,1H3,(H2,12,14)(H,13,15). The molecule has 0 saturated heterocycles. The lowest BCUT2D eigenvalue weighted by molar-refractivity contribution is 0.0963. The van der Waals surface area contributed by atoms with Crippen LogP contribution >= 0.6 is 0 Å². The molecular weight excluding hydrogens is 190 g/mol. The van der Waals surface area contributed by atoms with Crippen molar-refractivity contribution in [3.63, 3.8) is 0 Å². The molecule has 0 aliphatic carbocycles. The summed E-state index contributed by atoms with van der Waals surface area (Å²) >= 11 is 0. The molecule has 0 radical (unpaired) electrons. The molecule has 0 bridgehead atoms. The Labute approximate surface area is 87.1 Å². The molecule has 76 valence electrons. The first kappa shape index (κ1) is 9.45. The average molecular weight is 201 g/mol. The van der Waals surface area contributed by atoms with Crippen LogP contribution in [0.15, 0.2) is 30.5 Å². The Kier molecular flexibility index (Phi) is 2.25. The number of nitrogen functional groups attached to an aromatic ring is 1. The van der Waals surface area contributed by atoms with E-state index in [1.807, 2.05) is 12.1 Å². The van der Waals surface area contributed by atoms with E-state index < -0.39 is 0 Å². The predicted molar refractivity (Wildman–Crippen MR) is 59.5 cm³/mol. The van der Waals surface area contributed by atoms with E-state index in [9.17, 15) is 4.79 Å². The average Bonchev–Trinajstić information content (AvgIpc) is 2.28. The van der Waals surface area contributed by atoms with Crippen LogP contribution in [0.1, 0.15) is 10.4 Å². The first-order chi connectivity index (χ1) is 7.22. The fraction of sp³-hybridized carbons (Fsp3) is 0.0909. The van der Waals surface area contributed by atoms with Gasteiger partial charge >= 0.3 is 0 Å². The molecule has 1 aromatic heterocycles. The van der Waals surface area contributed by atoms with Crippen LogP contribution in [0.5, 0.6) is 0 Å². The molecule has 3 N–H and O–H groups in total. The highest BCUT2D eigenvalue weighted by atomic mass is 16.1. The molecule has 0 atom stereocenters. The highest BCUT2D eigenvalue weighted by Crippen LogP contribution is 2.19. The number of carbonyl (C=O) groups excluding carboxylic acids is 1. The first-order valence-electron chi connectivity index (χ1n) is 4.58. The van der Waals surface area contributed by atoms with Gasteiger partial charge in [-0.05, 0) is 29.7 Å². The van der Waals surface area contributed by atoms with E-state index in [2.05, 4.69) is 10.3 Å². The minimum atomic E-state index is -0.104. The van der Waals surface area contributed by atoms with Gasteiger partial charge in [-0.15, -0.1) is 0 Å². The molecule has 0 saturated carbocycles. The smallest absolute Gasteiger partial charge is 0.251 e. The first-order valence-corrected chi connectivity index (χ1v) is 4.58. The van der Waals surface area contributed by atoms with Crippen molar-refractivity contribution >= 4 is 22.5 Å². The third-order valence-corrected chi connectivity index (χ3v) is 2.28. The molecule has 2 aromatic rings. The van der Waals surface area contributed by atoms with E-state index in [0.717, 1.165) is 10.8 Å². The van der Waals surface area contributed by atoms with E-state index in [-0.39, 0.29) is 5.91 Å². The van der Waals surface area contributed by atoms with Crippen molar-refractivity contribution in [1.29, 1.82) is 0 Å². The van der Waals surface area contributed by atoms with Crippen LogP contribution in [-0.4, -0.2) is 17.9 Å². The molecule has 0 aliphatic rings. The lowest BCUT2D eigenvalue weighted by Gasteiger charge is -2.03. The van der Waals surface area contributed by atoms with Crippen molar-refractivity contribution in [3.8, 4) is 0 Å². The zero-order valence-corrected chi connectivity index (χ0v) is 8.32. The molecule has 4 nitrogen and oxygen atoms in total. The Balaban J connectivity index is 2.62. The molecule has 1 heterocycles. The van der Waals surface area contributed by atoms with Crippen LogP contribution in [0.3, 0.4) is 0 Å². The van der Waals surface area contributed by atoms with Gasteiger partial charge in [0.05, 0.1) is 0 Å². The summed E-state index contributed by atoms with van der Waals surface area (Å²) in [6, 6.07) is 7.17. The number of hydrogen-bond acceptors (Lipinski definition) is 3. The second-order valence-corrected chi connectivity index (χ2v) is 3.21. The normalized spacial score (nSPS) is 10.2. The molecule has 1 amide bonds. The Bertz CT molecular complexity index is 522. The van der Waals surface area contributed by atoms with Crippen molar-refractivity contribution in [3.05, 3.63) is 36.0 Å². The summed E-state index contributed by atoms with van der Waals surface area (Å²) < 4.78 is 0. The van der Waals surface area contributed by atoms with Crippen LogP contribution in [0.25, 0.3) is 10.8 Å². The van der Waals surface area contributed by atoms with Crippen LogP contribution in [0.2, 0.25) is 0 Å². The molecule has 4 heteroatoms. The van der Waals surface area contributed by atoms with Crippen molar-refractivity contribution in [2.24, 2.45) is 0 Å². The zero-order valence-electron chi connectivity index (χ0n) is 8.32. The van der Waals surface area contributed by atoms with Crippen LogP contribution in [0, 0.1) is 0 Å². The van der Waals surface area contributed by atoms with Crippen LogP contribution in [0.4, 0.5) is 5.82 Å². The number of nitrogens with one attached hydrogen (secondary N) is 1. The Morgan fingerprint density at radius 2 is 2.20 bits per heavy atom. The lowest BCUT2D eigenvalue weighted by atomic mass is 10.1. The minimum absolute atomic E-state index is 0.104. The maximum Gasteiger partial charge on any atom is 0.251 e. The molecule has 2 rings (SSSR count). The minimum Gasteiger partial charge on any atom is -0.383 e. The van der Waals surface area contributed by atoms with Crippen LogP contribution in [-0.2, 0) is 0 Å². The summed E-state index contributed by atoms with van der Waals surface area (Å²) in [6.07, 6.45) is 1.63. The van der Waals surface area contributed by atoms with Gasteiger partial charge in [0.15, 0.2) is 0 Å². The van der Waals surface area contributed by atoms with Gasteiger partial charge < -0.3 is 11.1 Å². The number of hydrogen-bond donors (Lipinski definition) is 2. The number of anilines is 1. The second-order valence-electron chi connectivity index (χ2n) is 3.21. The SMILES string of the molecule is CNC(=O)c1ccc2c(N)nccc2c1. The number of pyridine rings is 1. The fourth-order valence-electron chi connectivity index (χ4n) is 1.49. The summed E-state index contributed by atoms with van der Waals surface area (Å²) in [5.74, 6) is 0.378. The molecule has 0 aliphatic heterocycles. The highest BCUT2D eigenvalue weighted by molar-refractivity contribution is 6.00. The Morgan fingerprint density at radius 3 is 2.93 bits per heavy atom. The molecular formula is C11H11N3O. The maximum atomic E-state index is 11.4. The monoisotopic (exact) mass is 201 g/mol. The summed E-state index contributed by atoms with van der Waals surface area (Å²) in [5, 5.41) is 4.36. The number of nitrogens with zero attached hydrogens (tertiary/aromatic N) is 1. The third kappa shape index (κ3) is 1.61. The quantitative estimate of drug-likeness (QED) is 0.727. The van der Waals surface area contributed by atoms with E-state index >= 15 is 0 Å². The number of carbonyl (C=O) groups is 1. The predicted octanol–water partition coefficient (Wildman–Crippen LogP) is 1.18. The molecule has 0 fully saturated rings. The van der Waals surface area contributed by atoms with Gasteiger partial charge in [0.2, 0.25) is 0 Å². The van der Waals surface area contributed by atoms with Gasteiger partial charge in [-0.3, -0.25) is 4.79 Å². The number of rotatable bonds is 1. The molecule has 15 heavy (non-hydrogen) atoms. The number of fused-ring (bicyclic) bond motifs is 1. The summed E-state index contributed by atoms with van der Waals surface area (Å²) in [5.41, 5.74) is 6.32. The van der Waals surface area contributed by atoms with Gasteiger partial charge in [-0.2, -0.15) is 0 Å². The highest BCUT2D eigenvalue weighted by Gasteiger charge is 2.05. The fourth-order valence-corrected chi connectivity index (χ4v) is 1.49. The molecule has 0 spiro atoms. The maximum absolute atomic E-state index is 11.4. The van der Waals surface area contributed by atoms with E-state index in [1.165, 1.54) is 0 Å². The third-order valence-electron chi connectivity index (χ3n) is 2.28. The number of benzene rings is 1. The summed E-state index contributed by atoms with van der Waals surface area (Å²) in [7, 11) is 1.60.